The molecule has 0 aliphatic rings. The molecule has 2 aromatic rings. The number of hydrogen-bond acceptors (Lipinski definition) is 4. The van der Waals surface area contributed by atoms with Crippen LogP contribution in [0, 0.1) is 0 Å². The molecular formula is C19H28N4O2. The largest absolute Gasteiger partial charge is 0.466 e. The molecule has 3 N–H and O–H groups in total. The second kappa shape index (κ2) is 8.58. The lowest BCUT2D eigenvalue weighted by Crippen LogP contribution is -2.44. The summed E-state index contributed by atoms with van der Waals surface area (Å²) in [5.41, 5.74) is 1.18. The average Bonchev–Trinajstić information content (AvgIpc) is 3.13. The third-order valence-corrected chi connectivity index (χ3v) is 3.87. The Morgan fingerprint density at radius 2 is 1.92 bits per heavy atom. The van der Waals surface area contributed by atoms with Gasteiger partial charge in [0, 0.05) is 26.3 Å². The minimum atomic E-state index is -1.10. The molecule has 1 unspecified atom stereocenters. The summed E-state index contributed by atoms with van der Waals surface area (Å²) in [5, 5.41) is 16.9. The summed E-state index contributed by atoms with van der Waals surface area (Å²) < 4.78 is 5.30. The average molecular weight is 344 g/mol. The van der Waals surface area contributed by atoms with Crippen molar-refractivity contribution < 1.29 is 9.52 Å². The maximum atomic E-state index is 10.5. The maximum Gasteiger partial charge on any atom is 0.191 e. The number of furan rings is 1. The molecular weight excluding hydrogens is 316 g/mol. The molecule has 6 heteroatoms. The molecule has 0 radical (unpaired) electrons. The fraction of sp³-hybridized carbons (Fsp3) is 0.421. The summed E-state index contributed by atoms with van der Waals surface area (Å²) in [5.74, 6) is 1.18. The van der Waals surface area contributed by atoms with E-state index in [0.717, 1.165) is 17.8 Å². The first-order valence-corrected chi connectivity index (χ1v) is 8.47. The van der Waals surface area contributed by atoms with E-state index in [2.05, 4.69) is 44.8 Å². The SMILES string of the molecule is CCNC(=NCc1ccc(N(C)C)cc1)NCC(C)(O)c1ccco1. The molecule has 1 atom stereocenters. The maximum absolute atomic E-state index is 10.5. The van der Waals surface area contributed by atoms with E-state index < -0.39 is 5.60 Å². The van der Waals surface area contributed by atoms with Crippen LogP contribution < -0.4 is 15.5 Å². The summed E-state index contributed by atoms with van der Waals surface area (Å²) in [4.78, 5) is 6.65. The number of nitrogens with one attached hydrogen (secondary N) is 2. The highest BCUT2D eigenvalue weighted by Crippen LogP contribution is 2.19. The van der Waals surface area contributed by atoms with Crippen LogP contribution in [0.4, 0.5) is 5.69 Å². The van der Waals surface area contributed by atoms with Crippen molar-refractivity contribution in [1.82, 2.24) is 10.6 Å². The fourth-order valence-electron chi connectivity index (χ4n) is 2.34. The highest BCUT2D eigenvalue weighted by Gasteiger charge is 2.26. The molecule has 0 fully saturated rings. The number of nitrogens with zero attached hydrogens (tertiary/aromatic N) is 2. The Balaban J connectivity index is 1.98. The lowest BCUT2D eigenvalue weighted by molar-refractivity contribution is 0.0386. The molecule has 0 aliphatic heterocycles. The van der Waals surface area contributed by atoms with Gasteiger partial charge in [-0.3, -0.25) is 0 Å². The van der Waals surface area contributed by atoms with Gasteiger partial charge in [0.05, 0.1) is 19.4 Å². The Morgan fingerprint density at radius 1 is 1.20 bits per heavy atom. The molecule has 0 bridgehead atoms. The summed E-state index contributed by atoms with van der Waals surface area (Å²) in [6.45, 7) is 5.32. The van der Waals surface area contributed by atoms with E-state index in [4.69, 9.17) is 4.42 Å². The first-order chi connectivity index (χ1) is 11.9. The minimum absolute atomic E-state index is 0.298. The Bertz CT molecular complexity index is 661. The molecule has 0 saturated carbocycles. The zero-order valence-electron chi connectivity index (χ0n) is 15.4. The van der Waals surface area contributed by atoms with Crippen LogP contribution in [0.2, 0.25) is 0 Å². The van der Waals surface area contributed by atoms with Gasteiger partial charge in [-0.1, -0.05) is 12.1 Å². The quantitative estimate of drug-likeness (QED) is 0.531. The number of benzene rings is 1. The van der Waals surface area contributed by atoms with E-state index in [1.807, 2.05) is 21.0 Å². The van der Waals surface area contributed by atoms with E-state index in [1.54, 1.807) is 25.3 Å². The van der Waals surface area contributed by atoms with Crippen molar-refractivity contribution in [1.29, 1.82) is 0 Å². The first-order valence-electron chi connectivity index (χ1n) is 8.47. The molecule has 0 aliphatic carbocycles. The molecule has 0 spiro atoms. The Hall–Kier alpha value is -2.47. The second-order valence-corrected chi connectivity index (χ2v) is 6.36. The third-order valence-electron chi connectivity index (χ3n) is 3.87. The predicted octanol–water partition coefficient (Wildman–Crippen LogP) is 2.31. The molecule has 1 aromatic heterocycles. The minimum Gasteiger partial charge on any atom is -0.466 e. The zero-order chi connectivity index (χ0) is 18.3. The zero-order valence-corrected chi connectivity index (χ0v) is 15.4. The topological polar surface area (TPSA) is 73.0 Å². The van der Waals surface area contributed by atoms with Crippen LogP contribution in [-0.4, -0.2) is 38.3 Å². The van der Waals surface area contributed by atoms with Crippen LogP contribution in [0.15, 0.2) is 52.1 Å². The lowest BCUT2D eigenvalue weighted by Gasteiger charge is -2.22. The Morgan fingerprint density at radius 3 is 2.48 bits per heavy atom. The molecule has 0 amide bonds. The van der Waals surface area contributed by atoms with Gasteiger partial charge in [0.2, 0.25) is 0 Å². The van der Waals surface area contributed by atoms with Gasteiger partial charge < -0.3 is 25.1 Å². The normalized spacial score (nSPS) is 14.0. The van der Waals surface area contributed by atoms with Gasteiger partial charge in [-0.25, -0.2) is 4.99 Å². The monoisotopic (exact) mass is 344 g/mol. The molecule has 136 valence electrons. The first kappa shape index (κ1) is 18.9. The Labute approximate surface area is 149 Å². The van der Waals surface area contributed by atoms with Crippen LogP contribution in [0.1, 0.15) is 25.2 Å². The highest BCUT2D eigenvalue weighted by atomic mass is 16.4. The summed E-state index contributed by atoms with van der Waals surface area (Å²) in [7, 11) is 4.04. The predicted molar refractivity (Wildman–Crippen MR) is 102 cm³/mol. The molecule has 1 aromatic carbocycles. The Kier molecular flexibility index (Phi) is 6.47. The standard InChI is InChI=1S/C19H28N4O2/c1-5-20-18(22-14-19(2,24)17-7-6-12-25-17)21-13-15-8-10-16(11-9-15)23(3)4/h6-12,24H,5,13-14H2,1-4H3,(H2,20,21,22). The van der Waals surface area contributed by atoms with Gasteiger partial charge in [0.25, 0.3) is 0 Å². The number of anilines is 1. The molecule has 2 rings (SSSR count). The van der Waals surface area contributed by atoms with Crippen molar-refractivity contribution in [3.05, 3.63) is 54.0 Å². The number of rotatable bonds is 7. The molecule has 25 heavy (non-hydrogen) atoms. The van der Waals surface area contributed by atoms with Crippen molar-refractivity contribution in [2.24, 2.45) is 4.99 Å². The van der Waals surface area contributed by atoms with Crippen molar-refractivity contribution in [2.75, 3.05) is 32.1 Å². The van der Waals surface area contributed by atoms with Crippen LogP contribution >= 0.6 is 0 Å². The van der Waals surface area contributed by atoms with Crippen LogP contribution in [-0.2, 0) is 12.1 Å². The van der Waals surface area contributed by atoms with E-state index in [-0.39, 0.29) is 0 Å². The van der Waals surface area contributed by atoms with Gasteiger partial charge in [0.15, 0.2) is 5.96 Å². The van der Waals surface area contributed by atoms with E-state index >= 15 is 0 Å². The summed E-state index contributed by atoms with van der Waals surface area (Å²) >= 11 is 0. The third kappa shape index (κ3) is 5.53. The van der Waals surface area contributed by atoms with Gasteiger partial charge in [-0.05, 0) is 43.7 Å². The highest BCUT2D eigenvalue weighted by molar-refractivity contribution is 5.79. The van der Waals surface area contributed by atoms with E-state index in [1.165, 1.54) is 0 Å². The van der Waals surface area contributed by atoms with Crippen LogP contribution in [0.25, 0.3) is 0 Å². The van der Waals surface area contributed by atoms with Crippen molar-refractivity contribution in [3.63, 3.8) is 0 Å². The second-order valence-electron chi connectivity index (χ2n) is 6.36. The van der Waals surface area contributed by atoms with Gasteiger partial charge in [0.1, 0.15) is 11.4 Å². The van der Waals surface area contributed by atoms with E-state index in [9.17, 15) is 5.11 Å². The molecule has 1 heterocycles. The number of aliphatic imine (C=N–C) groups is 1. The smallest absolute Gasteiger partial charge is 0.191 e. The lowest BCUT2D eigenvalue weighted by atomic mass is 10.0. The molecule has 6 nitrogen and oxygen atoms in total. The van der Waals surface area contributed by atoms with Gasteiger partial charge in [-0.15, -0.1) is 0 Å². The van der Waals surface area contributed by atoms with Gasteiger partial charge in [-0.2, -0.15) is 0 Å². The van der Waals surface area contributed by atoms with E-state index in [0.29, 0.717) is 24.8 Å². The number of guanidine groups is 1. The van der Waals surface area contributed by atoms with Crippen molar-refractivity contribution in [3.8, 4) is 0 Å². The van der Waals surface area contributed by atoms with Crippen LogP contribution in [0.3, 0.4) is 0 Å². The molecule has 0 saturated heterocycles. The van der Waals surface area contributed by atoms with Gasteiger partial charge >= 0.3 is 0 Å². The van der Waals surface area contributed by atoms with Crippen LogP contribution in [0.5, 0.6) is 0 Å². The fourth-order valence-corrected chi connectivity index (χ4v) is 2.34. The summed E-state index contributed by atoms with van der Waals surface area (Å²) in [6, 6.07) is 11.8. The van der Waals surface area contributed by atoms with Crippen molar-refractivity contribution >= 4 is 11.6 Å². The number of aliphatic hydroxyl groups is 1. The van der Waals surface area contributed by atoms with Crippen molar-refractivity contribution in [2.45, 2.75) is 26.0 Å². The summed E-state index contributed by atoms with van der Waals surface area (Å²) in [6.07, 6.45) is 1.56. The number of hydrogen-bond donors (Lipinski definition) is 3.